The van der Waals surface area contributed by atoms with Gasteiger partial charge in [-0.25, -0.2) is 4.98 Å². The predicted octanol–water partition coefficient (Wildman–Crippen LogP) is 5.37. The SMILES string of the molecule is O=c1c2ccccc2nc(-c2ccc(Br)cc2)n1/N=C\C=C\c1ccccc1. The molecule has 0 unspecified atom stereocenters. The van der Waals surface area contributed by atoms with Gasteiger partial charge in [-0.2, -0.15) is 9.78 Å². The number of aromatic nitrogens is 2. The van der Waals surface area contributed by atoms with Gasteiger partial charge in [0.2, 0.25) is 0 Å². The van der Waals surface area contributed by atoms with Crippen LogP contribution >= 0.6 is 15.9 Å². The normalized spacial score (nSPS) is 11.6. The molecule has 0 amide bonds. The maximum Gasteiger partial charge on any atom is 0.282 e. The van der Waals surface area contributed by atoms with Gasteiger partial charge in [-0.3, -0.25) is 4.79 Å². The van der Waals surface area contributed by atoms with E-state index in [1.54, 1.807) is 12.3 Å². The molecule has 0 aliphatic rings. The smallest absolute Gasteiger partial charge is 0.267 e. The molecule has 0 N–H and O–H groups in total. The Kier molecular flexibility index (Phi) is 5.26. The van der Waals surface area contributed by atoms with Crippen LogP contribution in [0.2, 0.25) is 0 Å². The third-order valence-corrected chi connectivity index (χ3v) is 4.74. The molecule has 0 spiro atoms. The van der Waals surface area contributed by atoms with Crippen LogP contribution in [-0.4, -0.2) is 15.9 Å². The first kappa shape index (κ1) is 18.1. The summed E-state index contributed by atoms with van der Waals surface area (Å²) in [6.07, 6.45) is 5.35. The van der Waals surface area contributed by atoms with Crippen LogP contribution in [0.4, 0.5) is 0 Å². The molecule has 0 aliphatic heterocycles. The minimum Gasteiger partial charge on any atom is -0.267 e. The number of rotatable bonds is 4. The van der Waals surface area contributed by atoms with E-state index >= 15 is 0 Å². The Morgan fingerprint density at radius 2 is 1.61 bits per heavy atom. The second-order valence-corrected chi connectivity index (χ2v) is 7.03. The summed E-state index contributed by atoms with van der Waals surface area (Å²) in [5.41, 5.74) is 2.32. The lowest BCUT2D eigenvalue weighted by Crippen LogP contribution is -2.20. The molecular weight excluding hydrogens is 414 g/mol. The quantitative estimate of drug-likeness (QED) is 0.409. The summed E-state index contributed by atoms with van der Waals surface area (Å²) in [7, 11) is 0. The fourth-order valence-electron chi connectivity index (χ4n) is 2.84. The molecule has 1 aromatic heterocycles. The van der Waals surface area contributed by atoms with E-state index in [-0.39, 0.29) is 5.56 Å². The second kappa shape index (κ2) is 8.15. The number of hydrogen-bond acceptors (Lipinski definition) is 3. The highest BCUT2D eigenvalue weighted by Crippen LogP contribution is 2.21. The zero-order chi connectivity index (χ0) is 19.3. The van der Waals surface area contributed by atoms with E-state index in [2.05, 4.69) is 26.0 Å². The lowest BCUT2D eigenvalue weighted by Gasteiger charge is -2.09. The van der Waals surface area contributed by atoms with E-state index in [1.807, 2.05) is 84.9 Å². The van der Waals surface area contributed by atoms with E-state index < -0.39 is 0 Å². The Balaban J connectivity index is 1.81. The average Bonchev–Trinajstić information content (AvgIpc) is 2.74. The summed E-state index contributed by atoms with van der Waals surface area (Å²) in [4.78, 5) is 17.7. The molecule has 1 heterocycles. The molecule has 136 valence electrons. The van der Waals surface area contributed by atoms with Gasteiger partial charge < -0.3 is 0 Å². The van der Waals surface area contributed by atoms with Crippen LogP contribution in [0.3, 0.4) is 0 Å². The van der Waals surface area contributed by atoms with Gasteiger partial charge in [0.25, 0.3) is 5.56 Å². The third-order valence-electron chi connectivity index (χ3n) is 4.21. The Bertz CT molecular complexity index is 1230. The Hall–Kier alpha value is -3.31. The fraction of sp³-hybridized carbons (Fsp3) is 0. The highest BCUT2D eigenvalue weighted by molar-refractivity contribution is 9.10. The van der Waals surface area contributed by atoms with E-state index in [1.165, 1.54) is 4.68 Å². The minimum absolute atomic E-state index is 0.201. The molecule has 28 heavy (non-hydrogen) atoms. The van der Waals surface area contributed by atoms with E-state index in [0.717, 1.165) is 15.6 Å². The van der Waals surface area contributed by atoms with Gasteiger partial charge in [0.1, 0.15) is 0 Å². The van der Waals surface area contributed by atoms with Gasteiger partial charge >= 0.3 is 0 Å². The van der Waals surface area contributed by atoms with Crippen LogP contribution < -0.4 is 5.56 Å². The molecular formula is C23H16BrN3O. The van der Waals surface area contributed by atoms with Crippen molar-refractivity contribution < 1.29 is 0 Å². The standard InChI is InChI=1S/C23H16BrN3O/c24-19-14-12-18(13-15-19)22-26-21-11-5-4-10-20(21)23(28)27(22)25-16-6-9-17-7-2-1-3-8-17/h1-16H/b9-6+,25-16-. The van der Waals surface area contributed by atoms with Crippen molar-refractivity contribution in [2.24, 2.45) is 5.10 Å². The first-order valence-corrected chi connectivity index (χ1v) is 9.55. The van der Waals surface area contributed by atoms with Crippen molar-refractivity contribution >= 4 is 39.1 Å². The molecule has 0 bridgehead atoms. The molecule has 4 aromatic rings. The predicted molar refractivity (Wildman–Crippen MR) is 119 cm³/mol. The van der Waals surface area contributed by atoms with Crippen LogP contribution in [0.5, 0.6) is 0 Å². The number of nitrogens with zero attached hydrogens (tertiary/aromatic N) is 3. The van der Waals surface area contributed by atoms with E-state index in [0.29, 0.717) is 16.7 Å². The first-order chi connectivity index (χ1) is 13.7. The molecule has 0 saturated heterocycles. The summed E-state index contributed by atoms with van der Waals surface area (Å²) >= 11 is 3.44. The van der Waals surface area contributed by atoms with Crippen LogP contribution in [0.1, 0.15) is 5.56 Å². The van der Waals surface area contributed by atoms with Crippen LogP contribution in [0.25, 0.3) is 28.4 Å². The highest BCUT2D eigenvalue weighted by atomic mass is 79.9. The lowest BCUT2D eigenvalue weighted by atomic mass is 10.2. The van der Waals surface area contributed by atoms with Gasteiger partial charge in [-0.1, -0.05) is 76.6 Å². The lowest BCUT2D eigenvalue weighted by molar-refractivity contribution is 0.830. The van der Waals surface area contributed by atoms with Crippen molar-refractivity contribution in [3.05, 3.63) is 105 Å². The number of benzene rings is 3. The molecule has 0 radical (unpaired) electrons. The number of halogens is 1. The number of hydrogen-bond donors (Lipinski definition) is 0. The molecule has 0 aliphatic carbocycles. The van der Waals surface area contributed by atoms with Crippen molar-refractivity contribution in [1.29, 1.82) is 0 Å². The molecule has 0 atom stereocenters. The monoisotopic (exact) mass is 429 g/mol. The summed E-state index contributed by atoms with van der Waals surface area (Å²) in [6, 6.07) is 24.9. The molecule has 3 aromatic carbocycles. The van der Waals surface area contributed by atoms with Gasteiger partial charge in [0.05, 0.1) is 10.9 Å². The van der Waals surface area contributed by atoms with Gasteiger partial charge in [0.15, 0.2) is 5.82 Å². The zero-order valence-corrected chi connectivity index (χ0v) is 16.5. The molecule has 4 rings (SSSR count). The summed E-state index contributed by atoms with van der Waals surface area (Å²) in [5, 5.41) is 4.92. The number of allylic oxidation sites excluding steroid dienone is 1. The molecule has 0 fully saturated rings. The molecule has 5 heteroatoms. The Morgan fingerprint density at radius 3 is 2.39 bits per heavy atom. The third kappa shape index (κ3) is 3.85. The molecule has 0 saturated carbocycles. The topological polar surface area (TPSA) is 47.2 Å². The molecule has 4 nitrogen and oxygen atoms in total. The minimum atomic E-state index is -0.201. The first-order valence-electron chi connectivity index (χ1n) is 8.76. The van der Waals surface area contributed by atoms with Crippen molar-refractivity contribution in [3.8, 4) is 11.4 Å². The Labute approximate surface area is 170 Å². The van der Waals surface area contributed by atoms with Crippen molar-refractivity contribution in [1.82, 2.24) is 9.66 Å². The van der Waals surface area contributed by atoms with Gasteiger partial charge in [0, 0.05) is 16.3 Å². The van der Waals surface area contributed by atoms with Gasteiger partial charge in [-0.15, -0.1) is 0 Å². The second-order valence-electron chi connectivity index (χ2n) is 6.11. The van der Waals surface area contributed by atoms with Crippen molar-refractivity contribution in [2.45, 2.75) is 0 Å². The fourth-order valence-corrected chi connectivity index (χ4v) is 3.10. The van der Waals surface area contributed by atoms with E-state index in [4.69, 9.17) is 0 Å². The van der Waals surface area contributed by atoms with Crippen molar-refractivity contribution in [3.63, 3.8) is 0 Å². The summed E-state index contributed by atoms with van der Waals surface area (Å²) in [6.45, 7) is 0. The summed E-state index contributed by atoms with van der Waals surface area (Å²) < 4.78 is 2.31. The Morgan fingerprint density at radius 1 is 0.893 bits per heavy atom. The maximum absolute atomic E-state index is 13.0. The average molecular weight is 430 g/mol. The largest absolute Gasteiger partial charge is 0.282 e. The van der Waals surface area contributed by atoms with Crippen molar-refractivity contribution in [2.75, 3.05) is 0 Å². The van der Waals surface area contributed by atoms with Crippen LogP contribution in [-0.2, 0) is 0 Å². The van der Waals surface area contributed by atoms with Crippen LogP contribution in [0, 0.1) is 0 Å². The highest BCUT2D eigenvalue weighted by Gasteiger charge is 2.11. The maximum atomic E-state index is 13.0. The number of fused-ring (bicyclic) bond motifs is 1. The number of para-hydroxylation sites is 1. The van der Waals surface area contributed by atoms with Crippen LogP contribution in [0.15, 0.2) is 99.3 Å². The zero-order valence-electron chi connectivity index (χ0n) is 14.9. The summed E-state index contributed by atoms with van der Waals surface area (Å²) in [5.74, 6) is 0.501. The van der Waals surface area contributed by atoms with Gasteiger partial charge in [-0.05, 0) is 35.9 Å². The van der Waals surface area contributed by atoms with E-state index in [9.17, 15) is 4.79 Å².